The number of nitrogens with one attached hydrogen (secondary N) is 1. The van der Waals surface area contributed by atoms with Gasteiger partial charge in [0.15, 0.2) is 0 Å². The van der Waals surface area contributed by atoms with E-state index in [9.17, 15) is 4.39 Å². The molecule has 0 spiro atoms. The van der Waals surface area contributed by atoms with E-state index in [0.717, 1.165) is 18.4 Å². The largest absolute Gasteiger partial charge is 0.381 e. The maximum absolute atomic E-state index is 13.7. The molecule has 1 aliphatic heterocycles. The van der Waals surface area contributed by atoms with Gasteiger partial charge in [0.1, 0.15) is 5.82 Å². The van der Waals surface area contributed by atoms with E-state index in [1.807, 2.05) is 18.2 Å². The molecule has 98 valence electrons. The zero-order chi connectivity index (χ0) is 13.2. The van der Waals surface area contributed by atoms with Crippen LogP contribution in [-0.4, -0.2) is 6.04 Å². The molecule has 1 nitrogen and oxygen atoms in total. The van der Waals surface area contributed by atoms with Crippen LogP contribution in [0.5, 0.6) is 0 Å². The van der Waals surface area contributed by atoms with Gasteiger partial charge in [0.05, 0.1) is 0 Å². The fourth-order valence-electron chi connectivity index (χ4n) is 2.82. The van der Waals surface area contributed by atoms with Gasteiger partial charge in [-0.25, -0.2) is 4.39 Å². The Kier molecular flexibility index (Phi) is 3.24. The van der Waals surface area contributed by atoms with Crippen LogP contribution in [0.4, 0.5) is 10.1 Å². The molecule has 0 radical (unpaired) electrons. The molecule has 1 aliphatic rings. The van der Waals surface area contributed by atoms with E-state index >= 15 is 0 Å². The first kappa shape index (κ1) is 12.2. The highest BCUT2D eigenvalue weighted by Crippen LogP contribution is 2.29. The van der Waals surface area contributed by atoms with E-state index in [-0.39, 0.29) is 5.82 Å². The SMILES string of the molecule is CC1Cc2ccccc2NC1Cc1ccccc1F. The number of halogens is 1. The molecule has 1 N–H and O–H groups in total. The normalized spacial score (nSPS) is 21.6. The number of hydrogen-bond acceptors (Lipinski definition) is 1. The molecular weight excluding hydrogens is 237 g/mol. The summed E-state index contributed by atoms with van der Waals surface area (Å²) in [6.45, 7) is 2.23. The Bertz CT molecular complexity index is 579. The van der Waals surface area contributed by atoms with E-state index in [0.29, 0.717) is 12.0 Å². The lowest BCUT2D eigenvalue weighted by Crippen LogP contribution is -2.35. The van der Waals surface area contributed by atoms with Gasteiger partial charge in [-0.2, -0.15) is 0 Å². The molecular formula is C17H18FN. The van der Waals surface area contributed by atoms with Crippen molar-refractivity contribution in [1.29, 1.82) is 0 Å². The number of anilines is 1. The lowest BCUT2D eigenvalue weighted by molar-refractivity contribution is 0.455. The second kappa shape index (κ2) is 5.04. The molecule has 0 saturated heterocycles. The third-order valence-electron chi connectivity index (χ3n) is 3.98. The van der Waals surface area contributed by atoms with Crippen LogP contribution in [0.25, 0.3) is 0 Å². The first-order valence-electron chi connectivity index (χ1n) is 6.82. The van der Waals surface area contributed by atoms with Crippen LogP contribution in [0, 0.1) is 11.7 Å². The second-order valence-corrected chi connectivity index (χ2v) is 5.38. The fraction of sp³-hybridized carbons (Fsp3) is 0.294. The van der Waals surface area contributed by atoms with Crippen LogP contribution < -0.4 is 5.32 Å². The van der Waals surface area contributed by atoms with Gasteiger partial charge in [0, 0.05) is 11.7 Å². The summed E-state index contributed by atoms with van der Waals surface area (Å²) in [4.78, 5) is 0. The van der Waals surface area contributed by atoms with Gasteiger partial charge in [0.25, 0.3) is 0 Å². The molecule has 2 unspecified atom stereocenters. The average molecular weight is 255 g/mol. The van der Waals surface area contributed by atoms with Gasteiger partial charge in [-0.05, 0) is 42.0 Å². The second-order valence-electron chi connectivity index (χ2n) is 5.38. The van der Waals surface area contributed by atoms with Gasteiger partial charge >= 0.3 is 0 Å². The van der Waals surface area contributed by atoms with Crippen molar-refractivity contribution >= 4 is 5.69 Å². The standard InChI is InChI=1S/C17H18FN/c1-12-10-14-7-3-5-9-16(14)19-17(12)11-13-6-2-4-8-15(13)18/h2-9,12,17,19H,10-11H2,1H3. The summed E-state index contributed by atoms with van der Waals surface area (Å²) in [5, 5.41) is 3.56. The Balaban J connectivity index is 1.82. The van der Waals surface area contributed by atoms with E-state index in [2.05, 4.69) is 30.4 Å². The fourth-order valence-corrected chi connectivity index (χ4v) is 2.82. The maximum Gasteiger partial charge on any atom is 0.126 e. The Morgan fingerprint density at radius 3 is 2.68 bits per heavy atom. The zero-order valence-corrected chi connectivity index (χ0v) is 11.1. The summed E-state index contributed by atoms with van der Waals surface area (Å²) in [5.74, 6) is 0.407. The summed E-state index contributed by atoms with van der Waals surface area (Å²) in [5.41, 5.74) is 3.35. The van der Waals surface area contributed by atoms with Crippen molar-refractivity contribution in [2.45, 2.75) is 25.8 Å². The molecule has 0 aliphatic carbocycles. The topological polar surface area (TPSA) is 12.0 Å². The van der Waals surface area contributed by atoms with Gasteiger partial charge in [-0.15, -0.1) is 0 Å². The van der Waals surface area contributed by atoms with Crippen molar-refractivity contribution < 1.29 is 4.39 Å². The molecule has 0 bridgehead atoms. The number of benzene rings is 2. The molecule has 1 heterocycles. The summed E-state index contributed by atoms with van der Waals surface area (Å²) >= 11 is 0. The number of fused-ring (bicyclic) bond motifs is 1. The minimum absolute atomic E-state index is 0.102. The monoisotopic (exact) mass is 255 g/mol. The molecule has 3 rings (SSSR count). The van der Waals surface area contributed by atoms with E-state index < -0.39 is 0 Å². The Labute approximate surface area is 113 Å². The van der Waals surface area contributed by atoms with Crippen LogP contribution in [-0.2, 0) is 12.8 Å². The van der Waals surface area contributed by atoms with Gasteiger partial charge in [-0.1, -0.05) is 43.3 Å². The molecule has 0 aromatic heterocycles. The first-order chi connectivity index (χ1) is 9.24. The van der Waals surface area contributed by atoms with Crippen molar-refractivity contribution in [1.82, 2.24) is 0 Å². The summed E-state index contributed by atoms with van der Waals surface area (Å²) in [6, 6.07) is 15.7. The minimum atomic E-state index is -0.102. The molecule has 2 aromatic rings. The van der Waals surface area contributed by atoms with E-state index in [1.165, 1.54) is 17.3 Å². The third kappa shape index (κ3) is 2.48. The van der Waals surface area contributed by atoms with Gasteiger partial charge in [-0.3, -0.25) is 0 Å². The van der Waals surface area contributed by atoms with Crippen LogP contribution in [0.2, 0.25) is 0 Å². The summed E-state index contributed by atoms with van der Waals surface area (Å²) in [6.07, 6.45) is 1.80. The van der Waals surface area contributed by atoms with Crippen LogP contribution in [0.15, 0.2) is 48.5 Å². The molecule has 0 fully saturated rings. The number of para-hydroxylation sites is 1. The summed E-state index contributed by atoms with van der Waals surface area (Å²) in [7, 11) is 0. The molecule has 0 amide bonds. The van der Waals surface area contributed by atoms with Gasteiger partial charge in [0.2, 0.25) is 0 Å². The highest BCUT2D eigenvalue weighted by Gasteiger charge is 2.25. The highest BCUT2D eigenvalue weighted by atomic mass is 19.1. The maximum atomic E-state index is 13.7. The predicted octanol–water partition coefficient (Wildman–Crippen LogP) is 4.04. The van der Waals surface area contributed by atoms with E-state index in [4.69, 9.17) is 0 Å². The Hall–Kier alpha value is -1.83. The quantitative estimate of drug-likeness (QED) is 0.854. The average Bonchev–Trinajstić information content (AvgIpc) is 2.42. The smallest absolute Gasteiger partial charge is 0.126 e. The molecule has 2 aromatic carbocycles. The highest BCUT2D eigenvalue weighted by molar-refractivity contribution is 5.54. The van der Waals surface area contributed by atoms with Crippen molar-refractivity contribution in [2.75, 3.05) is 5.32 Å². The minimum Gasteiger partial charge on any atom is -0.381 e. The summed E-state index contributed by atoms with van der Waals surface area (Å²) < 4.78 is 13.7. The zero-order valence-electron chi connectivity index (χ0n) is 11.1. The third-order valence-corrected chi connectivity index (χ3v) is 3.98. The molecule has 0 saturated carbocycles. The predicted molar refractivity (Wildman–Crippen MR) is 76.8 cm³/mol. The van der Waals surface area contributed by atoms with E-state index in [1.54, 1.807) is 6.07 Å². The number of hydrogen-bond donors (Lipinski definition) is 1. The van der Waals surface area contributed by atoms with Gasteiger partial charge < -0.3 is 5.32 Å². The first-order valence-corrected chi connectivity index (χ1v) is 6.82. The molecule has 19 heavy (non-hydrogen) atoms. The Morgan fingerprint density at radius 1 is 1.11 bits per heavy atom. The lowest BCUT2D eigenvalue weighted by Gasteiger charge is -2.33. The van der Waals surface area contributed by atoms with Crippen molar-refractivity contribution in [3.8, 4) is 0 Å². The van der Waals surface area contributed by atoms with Crippen LogP contribution >= 0.6 is 0 Å². The van der Waals surface area contributed by atoms with Crippen LogP contribution in [0.3, 0.4) is 0 Å². The van der Waals surface area contributed by atoms with Crippen molar-refractivity contribution in [3.05, 3.63) is 65.5 Å². The lowest BCUT2D eigenvalue weighted by atomic mass is 9.85. The van der Waals surface area contributed by atoms with Crippen molar-refractivity contribution in [3.63, 3.8) is 0 Å². The molecule has 2 atom stereocenters. The molecule has 2 heteroatoms. The van der Waals surface area contributed by atoms with Crippen LogP contribution in [0.1, 0.15) is 18.1 Å². The Morgan fingerprint density at radius 2 is 1.84 bits per heavy atom. The number of rotatable bonds is 2. The van der Waals surface area contributed by atoms with Crippen molar-refractivity contribution in [2.24, 2.45) is 5.92 Å².